The predicted molar refractivity (Wildman–Crippen MR) is 79.1 cm³/mol. The minimum atomic E-state index is -4.30. The first-order valence-electron chi connectivity index (χ1n) is 6.82. The summed E-state index contributed by atoms with van der Waals surface area (Å²) in [5, 5.41) is 0. The normalized spacial score (nSPS) is 11.6. The molecular weight excluding hydrogens is 293 g/mol. The summed E-state index contributed by atoms with van der Waals surface area (Å²) in [5.41, 5.74) is 13.1. The Morgan fingerprint density at radius 3 is 2.18 bits per heavy atom. The summed E-state index contributed by atoms with van der Waals surface area (Å²) in [7, 11) is 0. The number of aromatic nitrogens is 2. The molecule has 1 aromatic carbocycles. The summed E-state index contributed by atoms with van der Waals surface area (Å²) in [5.74, 6) is 0.499. The first-order valence-corrected chi connectivity index (χ1v) is 6.82. The van der Waals surface area contributed by atoms with E-state index in [1.807, 2.05) is 6.92 Å². The van der Waals surface area contributed by atoms with Crippen molar-refractivity contribution in [1.82, 2.24) is 9.97 Å². The number of hydrogen-bond acceptors (Lipinski definition) is 4. The molecule has 118 valence electrons. The summed E-state index contributed by atoms with van der Waals surface area (Å²) < 4.78 is 37.4. The van der Waals surface area contributed by atoms with Gasteiger partial charge in [-0.15, -0.1) is 0 Å². The second-order valence-corrected chi connectivity index (χ2v) is 5.08. The molecule has 0 spiro atoms. The summed E-state index contributed by atoms with van der Waals surface area (Å²) >= 11 is 0. The molecule has 1 aromatic heterocycles. The summed E-state index contributed by atoms with van der Waals surface area (Å²) in [6.07, 6.45) is -2.25. The number of halogens is 3. The van der Waals surface area contributed by atoms with E-state index in [4.69, 9.17) is 11.5 Å². The standard InChI is InChI=1S/C15H17F3N4/c1-9-12(13(19)22-14(20)21-9)4-2-3-10-5-7-11(8-6-10)15(16,17)18/h5-8H,2-4H2,1H3,(H4,19,20,21,22). The van der Waals surface area contributed by atoms with Crippen LogP contribution in [0.2, 0.25) is 0 Å². The number of anilines is 2. The average Bonchev–Trinajstić information content (AvgIpc) is 2.41. The Labute approximate surface area is 126 Å². The molecular formula is C15H17F3N4. The Balaban J connectivity index is 1.97. The van der Waals surface area contributed by atoms with Crippen LogP contribution in [0.3, 0.4) is 0 Å². The summed E-state index contributed by atoms with van der Waals surface area (Å²) in [6.45, 7) is 1.81. The number of nitrogens with two attached hydrogens (primary N) is 2. The number of benzene rings is 1. The van der Waals surface area contributed by atoms with Gasteiger partial charge in [-0.25, -0.2) is 4.98 Å². The van der Waals surface area contributed by atoms with Crippen LogP contribution in [0.25, 0.3) is 0 Å². The van der Waals surface area contributed by atoms with E-state index in [0.29, 0.717) is 18.7 Å². The van der Waals surface area contributed by atoms with Gasteiger partial charge in [0, 0.05) is 11.3 Å². The molecule has 22 heavy (non-hydrogen) atoms. The topological polar surface area (TPSA) is 77.8 Å². The van der Waals surface area contributed by atoms with Crippen LogP contribution in [0.15, 0.2) is 24.3 Å². The van der Waals surface area contributed by atoms with Crippen molar-refractivity contribution in [3.8, 4) is 0 Å². The quantitative estimate of drug-likeness (QED) is 0.909. The number of hydrogen-bond donors (Lipinski definition) is 2. The molecule has 2 aromatic rings. The molecule has 0 bridgehead atoms. The van der Waals surface area contributed by atoms with Crippen molar-refractivity contribution >= 4 is 11.8 Å². The fourth-order valence-corrected chi connectivity index (χ4v) is 2.28. The molecule has 0 saturated carbocycles. The van der Waals surface area contributed by atoms with Gasteiger partial charge in [0.15, 0.2) is 0 Å². The highest BCUT2D eigenvalue weighted by molar-refractivity contribution is 5.45. The van der Waals surface area contributed by atoms with Crippen LogP contribution < -0.4 is 11.5 Å². The predicted octanol–water partition coefficient (Wildman–Crippen LogP) is 3.14. The molecule has 1 heterocycles. The molecule has 0 amide bonds. The molecule has 0 atom stereocenters. The van der Waals surface area contributed by atoms with Gasteiger partial charge in [-0.1, -0.05) is 12.1 Å². The number of aryl methyl sites for hydroxylation is 2. The van der Waals surface area contributed by atoms with Crippen molar-refractivity contribution < 1.29 is 13.2 Å². The molecule has 0 unspecified atom stereocenters. The van der Waals surface area contributed by atoms with Crippen molar-refractivity contribution in [1.29, 1.82) is 0 Å². The minimum Gasteiger partial charge on any atom is -0.383 e. The Morgan fingerprint density at radius 1 is 1.00 bits per heavy atom. The maximum Gasteiger partial charge on any atom is 0.416 e. The van der Waals surface area contributed by atoms with Gasteiger partial charge in [-0.3, -0.25) is 0 Å². The van der Waals surface area contributed by atoms with E-state index in [2.05, 4.69) is 9.97 Å². The van der Waals surface area contributed by atoms with Crippen molar-refractivity contribution in [3.63, 3.8) is 0 Å². The van der Waals surface area contributed by atoms with Crippen LogP contribution in [0.4, 0.5) is 24.9 Å². The highest BCUT2D eigenvalue weighted by Gasteiger charge is 2.29. The molecule has 0 fully saturated rings. The van der Waals surface area contributed by atoms with Crippen LogP contribution in [0, 0.1) is 6.92 Å². The number of rotatable bonds is 4. The third kappa shape index (κ3) is 3.87. The van der Waals surface area contributed by atoms with E-state index in [1.165, 1.54) is 12.1 Å². The fraction of sp³-hybridized carbons (Fsp3) is 0.333. The Bertz CT molecular complexity index is 628. The van der Waals surface area contributed by atoms with Crippen molar-refractivity contribution in [3.05, 3.63) is 46.6 Å². The SMILES string of the molecule is Cc1nc(N)nc(N)c1CCCc1ccc(C(F)(F)F)cc1. The first kappa shape index (κ1) is 16.1. The van der Waals surface area contributed by atoms with Gasteiger partial charge in [0.25, 0.3) is 0 Å². The van der Waals surface area contributed by atoms with Gasteiger partial charge >= 0.3 is 6.18 Å². The lowest BCUT2D eigenvalue weighted by molar-refractivity contribution is -0.137. The maximum absolute atomic E-state index is 12.5. The molecule has 0 radical (unpaired) electrons. The van der Waals surface area contributed by atoms with Crippen LogP contribution in [0.1, 0.15) is 28.8 Å². The molecule has 0 aliphatic rings. The van der Waals surface area contributed by atoms with Gasteiger partial charge in [-0.05, 0) is 43.9 Å². The van der Waals surface area contributed by atoms with Crippen LogP contribution in [0.5, 0.6) is 0 Å². The second kappa shape index (κ2) is 6.21. The van der Waals surface area contributed by atoms with E-state index >= 15 is 0 Å². The lowest BCUT2D eigenvalue weighted by Gasteiger charge is -2.10. The van der Waals surface area contributed by atoms with Crippen molar-refractivity contribution in [2.45, 2.75) is 32.4 Å². The van der Waals surface area contributed by atoms with E-state index in [9.17, 15) is 13.2 Å². The lowest BCUT2D eigenvalue weighted by Crippen LogP contribution is -2.07. The van der Waals surface area contributed by atoms with E-state index < -0.39 is 11.7 Å². The molecule has 2 rings (SSSR count). The monoisotopic (exact) mass is 310 g/mol. The third-order valence-corrected chi connectivity index (χ3v) is 3.44. The van der Waals surface area contributed by atoms with Gasteiger partial charge in [0.1, 0.15) is 5.82 Å². The molecule has 4 N–H and O–H groups in total. The first-order chi connectivity index (χ1) is 10.3. The van der Waals surface area contributed by atoms with E-state index in [1.54, 1.807) is 0 Å². The zero-order valence-corrected chi connectivity index (χ0v) is 12.1. The zero-order chi connectivity index (χ0) is 16.3. The van der Waals surface area contributed by atoms with Gasteiger partial charge in [0.2, 0.25) is 5.95 Å². The highest BCUT2D eigenvalue weighted by atomic mass is 19.4. The minimum absolute atomic E-state index is 0.140. The second-order valence-electron chi connectivity index (χ2n) is 5.08. The fourth-order valence-electron chi connectivity index (χ4n) is 2.28. The third-order valence-electron chi connectivity index (χ3n) is 3.44. The molecule has 7 heteroatoms. The smallest absolute Gasteiger partial charge is 0.383 e. The summed E-state index contributed by atoms with van der Waals surface area (Å²) in [6, 6.07) is 5.19. The highest BCUT2D eigenvalue weighted by Crippen LogP contribution is 2.29. The van der Waals surface area contributed by atoms with Crippen LogP contribution >= 0.6 is 0 Å². The number of nitrogens with zero attached hydrogens (tertiary/aromatic N) is 2. The van der Waals surface area contributed by atoms with E-state index in [-0.39, 0.29) is 5.95 Å². The lowest BCUT2D eigenvalue weighted by atomic mass is 10.0. The Morgan fingerprint density at radius 2 is 1.64 bits per heavy atom. The summed E-state index contributed by atoms with van der Waals surface area (Å²) in [4.78, 5) is 7.98. The van der Waals surface area contributed by atoms with Crippen molar-refractivity contribution in [2.75, 3.05) is 11.5 Å². The van der Waals surface area contributed by atoms with Gasteiger partial charge in [0.05, 0.1) is 5.56 Å². The molecule has 0 aliphatic carbocycles. The molecule has 0 saturated heterocycles. The van der Waals surface area contributed by atoms with Crippen LogP contribution in [-0.2, 0) is 19.0 Å². The Kier molecular flexibility index (Phi) is 4.54. The molecule has 4 nitrogen and oxygen atoms in total. The number of alkyl halides is 3. The molecule has 0 aliphatic heterocycles. The van der Waals surface area contributed by atoms with Crippen molar-refractivity contribution in [2.24, 2.45) is 0 Å². The Hall–Kier alpha value is -2.31. The average molecular weight is 310 g/mol. The largest absolute Gasteiger partial charge is 0.416 e. The maximum atomic E-state index is 12.5. The van der Waals surface area contributed by atoms with E-state index in [0.717, 1.165) is 35.4 Å². The zero-order valence-electron chi connectivity index (χ0n) is 12.1. The van der Waals surface area contributed by atoms with Gasteiger partial charge < -0.3 is 11.5 Å². The number of nitrogen functional groups attached to an aromatic ring is 2. The van der Waals surface area contributed by atoms with Gasteiger partial charge in [-0.2, -0.15) is 18.2 Å². The van der Waals surface area contributed by atoms with Crippen LogP contribution in [-0.4, -0.2) is 9.97 Å².